The average Bonchev–Trinajstić information content (AvgIpc) is 3.42. The summed E-state index contributed by atoms with van der Waals surface area (Å²) in [4.78, 5) is 13.8. The van der Waals surface area contributed by atoms with E-state index in [1.807, 2.05) is 12.1 Å². The minimum atomic E-state index is -0.477. The molecule has 2 fully saturated rings. The van der Waals surface area contributed by atoms with E-state index in [1.54, 1.807) is 13.2 Å². The van der Waals surface area contributed by atoms with Gasteiger partial charge in [0.1, 0.15) is 18.0 Å². The molecule has 4 aromatic rings. The number of methoxy groups -OCH3 is 1. The van der Waals surface area contributed by atoms with Crippen molar-refractivity contribution in [3.8, 4) is 11.5 Å². The molecule has 1 N–H and O–H groups in total. The fourth-order valence-electron chi connectivity index (χ4n) is 5.65. The van der Waals surface area contributed by atoms with Crippen molar-refractivity contribution < 1.29 is 18.6 Å². The number of ether oxygens (including phenoxy) is 3. The Balaban J connectivity index is 1.08. The molecule has 41 heavy (non-hydrogen) atoms. The number of aromatic nitrogens is 2. The van der Waals surface area contributed by atoms with Crippen molar-refractivity contribution in [3.63, 3.8) is 0 Å². The van der Waals surface area contributed by atoms with Crippen LogP contribution in [0.4, 0.5) is 15.9 Å². The second-order valence-electron chi connectivity index (χ2n) is 10.4. The lowest BCUT2D eigenvalue weighted by atomic mass is 10.1. The lowest BCUT2D eigenvalue weighted by Gasteiger charge is -2.37. The van der Waals surface area contributed by atoms with E-state index in [9.17, 15) is 4.39 Å². The lowest BCUT2D eigenvalue weighted by molar-refractivity contribution is -0.0504. The smallest absolute Gasteiger partial charge is 0.162 e. The van der Waals surface area contributed by atoms with Gasteiger partial charge in [0.05, 0.1) is 43.0 Å². The summed E-state index contributed by atoms with van der Waals surface area (Å²) in [6.07, 6.45) is 2.58. The maximum absolute atomic E-state index is 13.6. The van der Waals surface area contributed by atoms with Crippen molar-refractivity contribution in [1.82, 2.24) is 19.8 Å². The summed E-state index contributed by atoms with van der Waals surface area (Å²) in [5, 5.41) is 3.99. The number of morpholine rings is 1. The molecule has 3 heterocycles. The van der Waals surface area contributed by atoms with Gasteiger partial charge in [-0.05, 0) is 36.2 Å². The van der Waals surface area contributed by atoms with Gasteiger partial charge in [-0.15, -0.1) is 0 Å². The molecule has 0 spiro atoms. The molecule has 8 nitrogen and oxygen atoms in total. The third kappa shape index (κ3) is 6.38. The van der Waals surface area contributed by atoms with Crippen LogP contribution in [0.2, 0.25) is 5.02 Å². The highest BCUT2D eigenvalue weighted by molar-refractivity contribution is 6.31. The van der Waals surface area contributed by atoms with Gasteiger partial charge in [0.2, 0.25) is 0 Å². The number of benzene rings is 3. The Bertz CT molecular complexity index is 1490. The maximum Gasteiger partial charge on any atom is 0.162 e. The number of rotatable bonds is 10. The van der Waals surface area contributed by atoms with Crippen LogP contribution in [0, 0.1) is 5.82 Å². The Kier molecular flexibility index (Phi) is 8.48. The molecule has 2 atom stereocenters. The number of anilines is 2. The summed E-state index contributed by atoms with van der Waals surface area (Å²) in [6, 6.07) is 19.2. The second kappa shape index (κ2) is 12.6. The van der Waals surface area contributed by atoms with Crippen LogP contribution in [-0.2, 0) is 11.3 Å². The number of halogens is 2. The van der Waals surface area contributed by atoms with Crippen molar-refractivity contribution in [1.29, 1.82) is 0 Å². The van der Waals surface area contributed by atoms with Crippen molar-refractivity contribution in [2.75, 3.05) is 51.8 Å². The van der Waals surface area contributed by atoms with Crippen LogP contribution in [0.3, 0.4) is 0 Å². The molecule has 2 aliphatic rings. The highest BCUT2D eigenvalue weighted by Gasteiger charge is 2.39. The molecular weight excluding hydrogens is 545 g/mol. The topological polar surface area (TPSA) is 72.0 Å². The quantitative estimate of drug-likeness (QED) is 0.247. The summed E-state index contributed by atoms with van der Waals surface area (Å²) >= 11 is 5.96. The zero-order valence-corrected chi connectivity index (χ0v) is 23.7. The molecule has 0 saturated carbocycles. The number of likely N-dealkylation sites (tertiary alicyclic amines) is 1. The van der Waals surface area contributed by atoms with Crippen LogP contribution >= 0.6 is 11.6 Å². The van der Waals surface area contributed by atoms with E-state index in [0.29, 0.717) is 41.2 Å². The molecule has 1 aromatic heterocycles. The van der Waals surface area contributed by atoms with Gasteiger partial charge in [0.15, 0.2) is 11.5 Å². The van der Waals surface area contributed by atoms with E-state index in [0.717, 1.165) is 51.1 Å². The van der Waals surface area contributed by atoms with E-state index in [-0.39, 0.29) is 11.1 Å². The zero-order chi connectivity index (χ0) is 28.2. The summed E-state index contributed by atoms with van der Waals surface area (Å²) in [7, 11) is 1.61. The molecule has 2 saturated heterocycles. The standard InChI is InChI=1S/C31H33ClFN5O3/c1-39-28-16-26-23(31(35-20-34-26)36-22-8-9-25(33)24(32)14-22)15-29(28)40-12-5-10-37-18-27-30(19-37)41-13-11-38(27)17-21-6-3-2-4-7-21/h2-4,6-9,14-16,20,27,30H,5,10-13,17-19H2,1H3,(H,34,35,36). The van der Waals surface area contributed by atoms with Crippen LogP contribution in [0.15, 0.2) is 67.0 Å². The number of nitrogens with zero attached hydrogens (tertiary/aromatic N) is 4. The number of fused-ring (bicyclic) bond motifs is 2. The van der Waals surface area contributed by atoms with Crippen LogP contribution in [0.5, 0.6) is 11.5 Å². The van der Waals surface area contributed by atoms with Gasteiger partial charge >= 0.3 is 0 Å². The summed E-state index contributed by atoms with van der Waals surface area (Å²) in [6.45, 7) is 6.09. The highest BCUT2D eigenvalue weighted by Crippen LogP contribution is 2.35. The minimum Gasteiger partial charge on any atom is -0.493 e. The molecule has 3 aromatic carbocycles. The van der Waals surface area contributed by atoms with Gasteiger partial charge in [0.25, 0.3) is 0 Å². The van der Waals surface area contributed by atoms with Gasteiger partial charge in [-0.25, -0.2) is 14.4 Å². The molecule has 0 bridgehead atoms. The Labute approximate surface area is 244 Å². The Hall–Kier alpha value is -3.50. The Morgan fingerprint density at radius 2 is 1.95 bits per heavy atom. The van der Waals surface area contributed by atoms with Crippen molar-refractivity contribution in [3.05, 3.63) is 83.4 Å². The van der Waals surface area contributed by atoms with Crippen molar-refractivity contribution in [2.45, 2.75) is 25.1 Å². The van der Waals surface area contributed by atoms with E-state index < -0.39 is 5.82 Å². The van der Waals surface area contributed by atoms with Crippen LogP contribution in [-0.4, -0.2) is 78.4 Å². The molecule has 2 aliphatic heterocycles. The lowest BCUT2D eigenvalue weighted by Crippen LogP contribution is -2.50. The molecular formula is C31H33ClFN5O3. The van der Waals surface area contributed by atoms with E-state index in [1.165, 1.54) is 24.0 Å². The van der Waals surface area contributed by atoms with Gasteiger partial charge < -0.3 is 19.5 Å². The SMILES string of the molecule is COc1cc2ncnc(Nc3ccc(F)c(Cl)c3)c2cc1OCCCN1CC2OCCN(Cc3ccccc3)C2C1. The van der Waals surface area contributed by atoms with Crippen molar-refractivity contribution in [2.24, 2.45) is 0 Å². The summed E-state index contributed by atoms with van der Waals surface area (Å²) in [5.41, 5.74) is 2.65. The van der Waals surface area contributed by atoms with E-state index in [2.05, 4.69) is 55.4 Å². The van der Waals surface area contributed by atoms with Gasteiger partial charge in [-0.2, -0.15) is 0 Å². The third-order valence-corrected chi connectivity index (χ3v) is 7.99. The maximum atomic E-state index is 13.6. The molecule has 0 aliphatic carbocycles. The van der Waals surface area contributed by atoms with Crippen LogP contribution in [0.25, 0.3) is 10.9 Å². The predicted octanol–water partition coefficient (Wildman–Crippen LogP) is 5.53. The first-order valence-electron chi connectivity index (χ1n) is 13.9. The summed E-state index contributed by atoms with van der Waals surface area (Å²) in [5.74, 6) is 1.30. The van der Waals surface area contributed by atoms with Gasteiger partial charge in [-0.3, -0.25) is 9.80 Å². The fourth-order valence-corrected chi connectivity index (χ4v) is 5.83. The minimum absolute atomic E-state index is 0.0340. The molecule has 6 rings (SSSR count). The van der Waals surface area contributed by atoms with E-state index >= 15 is 0 Å². The number of hydrogen-bond acceptors (Lipinski definition) is 8. The summed E-state index contributed by atoms with van der Waals surface area (Å²) < 4.78 is 31.6. The first-order chi connectivity index (χ1) is 20.1. The fraction of sp³-hybridized carbons (Fsp3) is 0.355. The normalized spacial score (nSPS) is 19.3. The molecule has 2 unspecified atom stereocenters. The molecule has 214 valence electrons. The molecule has 10 heteroatoms. The zero-order valence-electron chi connectivity index (χ0n) is 22.9. The molecule has 0 amide bonds. The molecule has 0 radical (unpaired) electrons. The van der Waals surface area contributed by atoms with Crippen LogP contribution in [0.1, 0.15) is 12.0 Å². The van der Waals surface area contributed by atoms with Crippen LogP contribution < -0.4 is 14.8 Å². The average molecular weight is 578 g/mol. The largest absolute Gasteiger partial charge is 0.493 e. The van der Waals surface area contributed by atoms with Gasteiger partial charge in [-0.1, -0.05) is 41.9 Å². The number of hydrogen-bond donors (Lipinski definition) is 1. The van der Waals surface area contributed by atoms with E-state index in [4.69, 9.17) is 25.8 Å². The monoisotopic (exact) mass is 577 g/mol. The second-order valence-corrected chi connectivity index (χ2v) is 10.8. The first kappa shape index (κ1) is 27.7. The predicted molar refractivity (Wildman–Crippen MR) is 158 cm³/mol. The highest BCUT2D eigenvalue weighted by atomic mass is 35.5. The van der Waals surface area contributed by atoms with Gasteiger partial charge in [0, 0.05) is 49.9 Å². The number of nitrogens with one attached hydrogen (secondary N) is 1. The Morgan fingerprint density at radius 3 is 2.78 bits per heavy atom. The first-order valence-corrected chi connectivity index (χ1v) is 14.2. The van der Waals surface area contributed by atoms with Crippen molar-refractivity contribution >= 4 is 34.0 Å². The third-order valence-electron chi connectivity index (χ3n) is 7.70. The Morgan fingerprint density at radius 1 is 1.07 bits per heavy atom.